The topological polar surface area (TPSA) is 105 Å². The van der Waals surface area contributed by atoms with E-state index in [1.165, 1.54) is 31.4 Å². The van der Waals surface area contributed by atoms with Crippen LogP contribution in [0.5, 0.6) is 5.75 Å². The summed E-state index contributed by atoms with van der Waals surface area (Å²) in [5.41, 5.74) is -0.167. The molecule has 4 rings (SSSR count). The zero-order valence-electron chi connectivity index (χ0n) is 16.0. The molecule has 10 heteroatoms. The van der Waals surface area contributed by atoms with Crippen LogP contribution < -0.4 is 9.03 Å². The van der Waals surface area contributed by atoms with Crippen molar-refractivity contribution in [2.75, 3.05) is 10.8 Å². The third-order valence-corrected chi connectivity index (χ3v) is 7.22. The highest BCUT2D eigenvalue weighted by Crippen LogP contribution is 2.39. The molecule has 1 saturated heterocycles. The predicted octanol–water partition coefficient (Wildman–Crippen LogP) is 2.72. The van der Waals surface area contributed by atoms with Gasteiger partial charge in [0.15, 0.2) is 5.82 Å². The summed E-state index contributed by atoms with van der Waals surface area (Å²) in [5.74, 6) is -1.76. The second-order valence-electron chi connectivity index (χ2n) is 7.68. The largest absolute Gasteiger partial charge is 0.506 e. The molecule has 0 bridgehead atoms. The van der Waals surface area contributed by atoms with Gasteiger partial charge in [-0.3, -0.25) is 4.79 Å². The van der Waals surface area contributed by atoms with Gasteiger partial charge in [0.1, 0.15) is 18.0 Å². The van der Waals surface area contributed by atoms with Gasteiger partial charge in [-0.15, -0.1) is 0 Å². The average Bonchev–Trinajstić information content (AvgIpc) is 3.26. The highest BCUT2D eigenvalue weighted by atomic mass is 32.2. The zero-order valence-corrected chi connectivity index (χ0v) is 16.8. The van der Waals surface area contributed by atoms with Crippen molar-refractivity contribution in [3.8, 4) is 17.0 Å². The maximum absolute atomic E-state index is 15.3. The minimum absolute atomic E-state index is 0.0574. The molecule has 2 fully saturated rings. The number of amides is 1. The molecule has 29 heavy (non-hydrogen) atoms. The summed E-state index contributed by atoms with van der Waals surface area (Å²) in [6.07, 6.45) is 9.38. The van der Waals surface area contributed by atoms with Crippen molar-refractivity contribution >= 4 is 21.8 Å². The van der Waals surface area contributed by atoms with Crippen LogP contribution in [0.15, 0.2) is 24.7 Å². The molecular formula is C19H23FN4O4S. The first kappa shape index (κ1) is 19.7. The monoisotopic (exact) mass is 422 g/mol. The minimum atomic E-state index is -4.25. The van der Waals surface area contributed by atoms with Gasteiger partial charge in [0.05, 0.1) is 12.0 Å². The van der Waals surface area contributed by atoms with Gasteiger partial charge >= 0.3 is 10.2 Å². The molecule has 1 unspecified atom stereocenters. The van der Waals surface area contributed by atoms with Gasteiger partial charge in [0.2, 0.25) is 0 Å². The number of anilines is 1. The summed E-state index contributed by atoms with van der Waals surface area (Å²) in [5, 5.41) is 10.1. The number of nitrogens with zero attached hydrogens (tertiary/aromatic N) is 3. The fraction of sp³-hybridized carbons (Fsp3) is 0.474. The Balaban J connectivity index is 1.68. The number of imidazole rings is 1. The van der Waals surface area contributed by atoms with E-state index in [1.54, 1.807) is 17.2 Å². The van der Waals surface area contributed by atoms with E-state index in [4.69, 9.17) is 0 Å². The zero-order chi connectivity index (χ0) is 20.8. The van der Waals surface area contributed by atoms with Gasteiger partial charge in [0.25, 0.3) is 5.91 Å². The molecule has 2 aliphatic rings. The number of hydrogen-bond donors (Lipinski definition) is 2. The van der Waals surface area contributed by atoms with Crippen LogP contribution in [0.2, 0.25) is 0 Å². The van der Waals surface area contributed by atoms with Gasteiger partial charge in [-0.05, 0) is 37.8 Å². The Morgan fingerprint density at radius 1 is 1.28 bits per heavy atom. The summed E-state index contributed by atoms with van der Waals surface area (Å²) in [6.45, 7) is 1.53. The summed E-state index contributed by atoms with van der Waals surface area (Å²) in [6, 6.07) is 2.77. The summed E-state index contributed by atoms with van der Waals surface area (Å²) < 4.78 is 43.7. The third-order valence-electron chi connectivity index (χ3n) is 5.84. The molecule has 1 amide bonds. The first-order valence-corrected chi connectivity index (χ1v) is 11.1. The fourth-order valence-corrected chi connectivity index (χ4v) is 5.36. The van der Waals surface area contributed by atoms with Crippen LogP contribution in [0.1, 0.15) is 45.1 Å². The number of aromatic nitrogens is 2. The Labute approximate surface area is 168 Å². The molecule has 2 N–H and O–H groups in total. The molecule has 1 saturated carbocycles. The third kappa shape index (κ3) is 3.57. The van der Waals surface area contributed by atoms with Crippen molar-refractivity contribution in [2.45, 2.75) is 45.1 Å². The Hall–Kier alpha value is -2.62. The summed E-state index contributed by atoms with van der Waals surface area (Å²) in [4.78, 5) is 15.8. The van der Waals surface area contributed by atoms with Crippen molar-refractivity contribution in [1.29, 1.82) is 0 Å². The number of rotatable bonds is 4. The molecule has 156 valence electrons. The highest BCUT2D eigenvalue weighted by molar-refractivity contribution is 7.92. The van der Waals surface area contributed by atoms with Crippen LogP contribution >= 0.6 is 0 Å². The molecule has 1 aromatic heterocycles. The molecule has 1 aromatic carbocycles. The quantitative estimate of drug-likeness (QED) is 0.788. The standard InChI is InChI=1S/C19H23FN4O4S/c1-12(13-5-3-2-4-6-13)23-9-15(21-11-23)14-7-8-16(25)19(18(14)20)24-10-17(26)22-29(24,27)28/h7-9,11-13,25H,2-6,10H2,1H3,(H,22,26). The van der Waals surface area contributed by atoms with Crippen molar-refractivity contribution in [2.24, 2.45) is 5.92 Å². The SMILES string of the molecule is CC(C1CCCCC1)n1cnc(-c2ccc(O)c(N3CC(=O)NS3(=O)=O)c2F)c1. The van der Waals surface area contributed by atoms with Crippen molar-refractivity contribution in [3.05, 3.63) is 30.5 Å². The Kier molecular flexibility index (Phi) is 4.97. The molecule has 0 radical (unpaired) electrons. The molecule has 8 nitrogen and oxygen atoms in total. The van der Waals surface area contributed by atoms with E-state index in [9.17, 15) is 18.3 Å². The number of nitrogens with one attached hydrogen (secondary N) is 1. The summed E-state index contributed by atoms with van der Waals surface area (Å²) in [7, 11) is -4.25. The second-order valence-corrected chi connectivity index (χ2v) is 9.27. The Bertz CT molecular complexity index is 1050. The number of halogens is 1. The lowest BCUT2D eigenvalue weighted by Gasteiger charge is -2.28. The van der Waals surface area contributed by atoms with Crippen molar-refractivity contribution in [1.82, 2.24) is 14.3 Å². The number of hydrogen-bond acceptors (Lipinski definition) is 5. The van der Waals surface area contributed by atoms with Crippen LogP contribution in [-0.2, 0) is 15.0 Å². The van der Waals surface area contributed by atoms with E-state index < -0.39 is 39.9 Å². The fourth-order valence-electron chi connectivity index (χ4n) is 4.19. The Morgan fingerprint density at radius 3 is 2.66 bits per heavy atom. The predicted molar refractivity (Wildman–Crippen MR) is 105 cm³/mol. The molecule has 1 aliphatic carbocycles. The van der Waals surface area contributed by atoms with Crippen molar-refractivity contribution in [3.63, 3.8) is 0 Å². The lowest BCUT2D eigenvalue weighted by molar-refractivity contribution is -0.117. The lowest BCUT2D eigenvalue weighted by atomic mass is 9.84. The number of aromatic hydroxyl groups is 1. The van der Waals surface area contributed by atoms with Crippen molar-refractivity contribution < 1.29 is 22.7 Å². The number of phenols is 1. The maximum Gasteiger partial charge on any atom is 0.326 e. The van der Waals surface area contributed by atoms with Crippen LogP contribution in [0.4, 0.5) is 10.1 Å². The lowest BCUT2D eigenvalue weighted by Crippen LogP contribution is -2.30. The molecule has 1 aliphatic heterocycles. The van der Waals surface area contributed by atoms with E-state index in [1.807, 2.05) is 4.57 Å². The number of phenolic OH excluding ortho intramolecular Hbond substituents is 1. The minimum Gasteiger partial charge on any atom is -0.506 e. The number of benzene rings is 1. The van der Waals surface area contributed by atoms with Crippen LogP contribution in [0, 0.1) is 11.7 Å². The van der Waals surface area contributed by atoms with E-state index >= 15 is 4.39 Å². The smallest absolute Gasteiger partial charge is 0.326 e. The van der Waals surface area contributed by atoms with Gasteiger partial charge in [0, 0.05) is 17.8 Å². The normalized spacial score (nSPS) is 20.6. The van der Waals surface area contributed by atoms with Gasteiger partial charge < -0.3 is 9.67 Å². The number of carbonyl (C=O) groups is 1. The molecular weight excluding hydrogens is 399 g/mol. The number of carbonyl (C=O) groups excluding carboxylic acids is 1. The highest BCUT2D eigenvalue weighted by Gasteiger charge is 2.38. The maximum atomic E-state index is 15.3. The van der Waals surface area contributed by atoms with E-state index in [2.05, 4.69) is 11.9 Å². The second kappa shape index (κ2) is 7.33. The first-order valence-electron chi connectivity index (χ1n) is 9.66. The van der Waals surface area contributed by atoms with Gasteiger partial charge in [-0.2, -0.15) is 8.42 Å². The Morgan fingerprint density at radius 2 is 2.00 bits per heavy atom. The van der Waals surface area contributed by atoms with Crippen LogP contribution in [0.25, 0.3) is 11.3 Å². The molecule has 1 atom stereocenters. The average molecular weight is 422 g/mol. The molecule has 2 aromatic rings. The van der Waals surface area contributed by atoms with Gasteiger partial charge in [-0.25, -0.2) is 18.4 Å². The van der Waals surface area contributed by atoms with E-state index in [0.717, 1.165) is 12.8 Å². The summed E-state index contributed by atoms with van der Waals surface area (Å²) >= 11 is 0. The molecule has 2 heterocycles. The van der Waals surface area contributed by atoms with Gasteiger partial charge in [-0.1, -0.05) is 19.3 Å². The molecule has 0 spiro atoms. The van der Waals surface area contributed by atoms with Crippen LogP contribution in [-0.4, -0.2) is 35.5 Å². The first-order chi connectivity index (χ1) is 13.8. The van der Waals surface area contributed by atoms with E-state index in [0.29, 0.717) is 15.9 Å². The van der Waals surface area contributed by atoms with Crippen LogP contribution in [0.3, 0.4) is 0 Å². The van der Waals surface area contributed by atoms with E-state index in [-0.39, 0.29) is 11.6 Å².